The zero-order valence-corrected chi connectivity index (χ0v) is 9.75. The first-order valence-corrected chi connectivity index (χ1v) is 5.45. The molecule has 1 aliphatic heterocycles. The fourth-order valence-electron chi connectivity index (χ4n) is 1.68. The van der Waals surface area contributed by atoms with Crippen molar-refractivity contribution >= 4 is 11.9 Å². The van der Waals surface area contributed by atoms with Crippen LogP contribution in [-0.2, 0) is 4.79 Å². The van der Waals surface area contributed by atoms with Crippen molar-refractivity contribution in [1.82, 2.24) is 15.5 Å². The van der Waals surface area contributed by atoms with Crippen LogP contribution in [0.15, 0.2) is 0 Å². The number of imide groups is 1. The lowest BCUT2D eigenvalue weighted by molar-refractivity contribution is -0.129. The Hall–Kier alpha value is -1.14. The van der Waals surface area contributed by atoms with Gasteiger partial charge in [0, 0.05) is 19.6 Å². The van der Waals surface area contributed by atoms with Crippen molar-refractivity contribution in [2.24, 2.45) is 0 Å². The van der Waals surface area contributed by atoms with Gasteiger partial charge in [0.15, 0.2) is 0 Å². The van der Waals surface area contributed by atoms with Crippen LogP contribution >= 0.6 is 0 Å². The molecule has 0 atom stereocenters. The second-order valence-electron chi connectivity index (χ2n) is 4.45. The zero-order valence-electron chi connectivity index (χ0n) is 9.75. The largest absolute Gasteiger partial charge is 0.388 e. The van der Waals surface area contributed by atoms with Gasteiger partial charge in [-0.2, -0.15) is 0 Å². The molecule has 0 aromatic rings. The quantitative estimate of drug-likeness (QED) is 0.595. The summed E-state index contributed by atoms with van der Waals surface area (Å²) >= 11 is 0. The van der Waals surface area contributed by atoms with Gasteiger partial charge in [0.1, 0.15) is 0 Å². The maximum absolute atomic E-state index is 11.3. The van der Waals surface area contributed by atoms with Crippen molar-refractivity contribution in [3.05, 3.63) is 0 Å². The zero-order chi connectivity index (χ0) is 12.2. The third-order valence-electron chi connectivity index (χ3n) is 2.28. The Morgan fingerprint density at radius 1 is 1.44 bits per heavy atom. The number of nitrogens with zero attached hydrogens (tertiary/aromatic N) is 1. The minimum absolute atomic E-state index is 0.149. The predicted molar refractivity (Wildman–Crippen MR) is 58.9 cm³/mol. The molecule has 1 fully saturated rings. The number of hydrogen-bond acceptors (Lipinski definition) is 4. The van der Waals surface area contributed by atoms with Crippen molar-refractivity contribution in [1.29, 1.82) is 0 Å². The summed E-state index contributed by atoms with van der Waals surface area (Å²) in [5.74, 6) is -0.343. The van der Waals surface area contributed by atoms with Crippen molar-refractivity contribution in [3.63, 3.8) is 0 Å². The molecule has 3 N–H and O–H groups in total. The van der Waals surface area contributed by atoms with E-state index in [-0.39, 0.29) is 12.5 Å². The molecule has 0 spiro atoms. The van der Waals surface area contributed by atoms with Crippen molar-refractivity contribution in [3.8, 4) is 0 Å². The minimum Gasteiger partial charge on any atom is -0.388 e. The maximum atomic E-state index is 11.3. The molecular weight excluding hydrogens is 210 g/mol. The highest BCUT2D eigenvalue weighted by molar-refractivity contribution is 5.95. The second kappa shape index (κ2) is 5.27. The third-order valence-corrected chi connectivity index (χ3v) is 2.28. The molecule has 0 saturated carbocycles. The van der Waals surface area contributed by atoms with Gasteiger partial charge in [-0.3, -0.25) is 15.0 Å². The molecule has 1 rings (SSSR count). The molecule has 0 aliphatic carbocycles. The molecule has 1 heterocycles. The lowest BCUT2D eigenvalue weighted by Gasteiger charge is -2.43. The second-order valence-corrected chi connectivity index (χ2v) is 4.45. The molecule has 92 valence electrons. The first-order valence-electron chi connectivity index (χ1n) is 5.45. The predicted octanol–water partition coefficient (Wildman–Crippen LogP) is -0.711. The third kappa shape index (κ3) is 4.16. The number of hydrogen-bond donors (Lipinski definition) is 3. The Kier molecular flexibility index (Phi) is 4.26. The molecule has 1 aliphatic rings. The number of aliphatic hydroxyl groups is 1. The Bertz CT molecular complexity index is 270. The summed E-state index contributed by atoms with van der Waals surface area (Å²) in [7, 11) is 0. The van der Waals surface area contributed by atoms with Crippen LogP contribution in [-0.4, -0.2) is 53.7 Å². The van der Waals surface area contributed by atoms with Crippen LogP contribution in [0.1, 0.15) is 20.3 Å². The first-order chi connectivity index (χ1) is 7.43. The average Bonchev–Trinajstić information content (AvgIpc) is 2.11. The van der Waals surface area contributed by atoms with E-state index in [0.717, 1.165) is 6.42 Å². The molecule has 6 nitrogen and oxygen atoms in total. The molecule has 0 aromatic carbocycles. The molecule has 0 bridgehead atoms. The van der Waals surface area contributed by atoms with Gasteiger partial charge in [0.25, 0.3) is 0 Å². The molecule has 0 radical (unpaired) electrons. The number of β-amino-alcohol motifs (C(OH)–C–C–N with tert-alkyl or cyclic N) is 1. The number of rotatable bonds is 4. The summed E-state index contributed by atoms with van der Waals surface area (Å²) in [6.45, 7) is 5.29. The van der Waals surface area contributed by atoms with E-state index < -0.39 is 11.6 Å². The smallest absolute Gasteiger partial charge is 0.321 e. The van der Waals surface area contributed by atoms with Crippen LogP contribution in [0, 0.1) is 0 Å². The van der Waals surface area contributed by atoms with E-state index in [1.54, 1.807) is 11.8 Å². The summed E-state index contributed by atoms with van der Waals surface area (Å²) in [6.07, 6.45) is 0.830. The monoisotopic (exact) mass is 229 g/mol. The van der Waals surface area contributed by atoms with Gasteiger partial charge in [-0.15, -0.1) is 0 Å². The molecule has 16 heavy (non-hydrogen) atoms. The van der Waals surface area contributed by atoms with Gasteiger partial charge in [-0.25, -0.2) is 4.79 Å². The van der Waals surface area contributed by atoms with Gasteiger partial charge in [-0.05, 0) is 13.3 Å². The highest BCUT2D eigenvalue weighted by Gasteiger charge is 2.37. The number of urea groups is 1. The minimum atomic E-state index is -0.690. The van der Waals surface area contributed by atoms with Gasteiger partial charge in [0.2, 0.25) is 5.91 Å². The van der Waals surface area contributed by atoms with Gasteiger partial charge >= 0.3 is 6.03 Å². The summed E-state index contributed by atoms with van der Waals surface area (Å²) < 4.78 is 0. The fraction of sp³-hybridized carbons (Fsp3) is 0.800. The number of likely N-dealkylation sites (tertiary alicyclic amines) is 1. The molecule has 0 unspecified atom stereocenters. The summed E-state index contributed by atoms with van der Waals surface area (Å²) in [5, 5.41) is 14.2. The Labute approximate surface area is 95.0 Å². The Balaban J connectivity index is 2.14. The molecule has 0 aromatic heterocycles. The average molecular weight is 229 g/mol. The van der Waals surface area contributed by atoms with Crippen LogP contribution in [0.2, 0.25) is 0 Å². The SMILES string of the molecule is CCCNC(=O)NC(=O)CN1CC(C)(O)C1. The number of nitrogens with one attached hydrogen (secondary N) is 2. The lowest BCUT2D eigenvalue weighted by atomic mass is 9.97. The number of carbonyl (C=O) groups is 2. The summed E-state index contributed by atoms with van der Waals surface area (Å²) in [5.41, 5.74) is -0.690. The van der Waals surface area contributed by atoms with E-state index in [4.69, 9.17) is 0 Å². The van der Waals surface area contributed by atoms with Crippen molar-refractivity contribution in [2.45, 2.75) is 25.9 Å². The van der Waals surface area contributed by atoms with E-state index >= 15 is 0 Å². The van der Waals surface area contributed by atoms with Crippen LogP contribution in [0.4, 0.5) is 4.79 Å². The van der Waals surface area contributed by atoms with Crippen LogP contribution < -0.4 is 10.6 Å². The number of amides is 3. The standard InChI is InChI=1S/C10H19N3O3/c1-3-4-11-9(15)12-8(14)5-13-6-10(2,16)7-13/h16H,3-7H2,1-2H3,(H2,11,12,14,15). The summed E-state index contributed by atoms with van der Waals surface area (Å²) in [6, 6.07) is -0.459. The van der Waals surface area contributed by atoms with Crippen LogP contribution in [0.5, 0.6) is 0 Å². The maximum Gasteiger partial charge on any atom is 0.321 e. The van der Waals surface area contributed by atoms with Gasteiger partial charge in [-0.1, -0.05) is 6.92 Å². The summed E-state index contributed by atoms with van der Waals surface area (Å²) in [4.78, 5) is 24.2. The van der Waals surface area contributed by atoms with E-state index in [2.05, 4.69) is 10.6 Å². The van der Waals surface area contributed by atoms with E-state index in [0.29, 0.717) is 19.6 Å². The highest BCUT2D eigenvalue weighted by atomic mass is 16.3. The normalized spacial score (nSPS) is 18.7. The van der Waals surface area contributed by atoms with E-state index in [1.807, 2.05) is 6.92 Å². The van der Waals surface area contributed by atoms with Crippen LogP contribution in [0.25, 0.3) is 0 Å². The van der Waals surface area contributed by atoms with E-state index in [1.165, 1.54) is 0 Å². The molecule has 3 amide bonds. The van der Waals surface area contributed by atoms with Crippen molar-refractivity contribution < 1.29 is 14.7 Å². The van der Waals surface area contributed by atoms with Gasteiger partial charge < -0.3 is 10.4 Å². The first kappa shape index (κ1) is 12.9. The highest BCUT2D eigenvalue weighted by Crippen LogP contribution is 2.18. The fourth-order valence-corrected chi connectivity index (χ4v) is 1.68. The Morgan fingerprint density at radius 3 is 2.56 bits per heavy atom. The lowest BCUT2D eigenvalue weighted by Crippen LogP contribution is -2.62. The van der Waals surface area contributed by atoms with E-state index in [9.17, 15) is 14.7 Å². The Morgan fingerprint density at radius 2 is 2.06 bits per heavy atom. The topological polar surface area (TPSA) is 81.7 Å². The number of carbonyl (C=O) groups excluding carboxylic acids is 2. The van der Waals surface area contributed by atoms with Gasteiger partial charge in [0.05, 0.1) is 12.1 Å². The molecular formula is C10H19N3O3. The van der Waals surface area contributed by atoms with Crippen molar-refractivity contribution in [2.75, 3.05) is 26.2 Å². The molecule has 6 heteroatoms. The van der Waals surface area contributed by atoms with Crippen LogP contribution in [0.3, 0.4) is 0 Å². The molecule has 1 saturated heterocycles.